The van der Waals surface area contributed by atoms with Crippen LogP contribution in [0.1, 0.15) is 16.7 Å². The molecular formula is C23H19NO2. The summed E-state index contributed by atoms with van der Waals surface area (Å²) in [4.78, 5) is 2.16. The van der Waals surface area contributed by atoms with Gasteiger partial charge in [0.25, 0.3) is 0 Å². The van der Waals surface area contributed by atoms with Crippen molar-refractivity contribution >= 4 is 28.2 Å². The number of rotatable bonds is 1. The van der Waals surface area contributed by atoms with Crippen LogP contribution in [0.3, 0.4) is 0 Å². The Labute approximate surface area is 152 Å². The summed E-state index contributed by atoms with van der Waals surface area (Å²) < 4.78 is 12.6. The van der Waals surface area contributed by atoms with E-state index in [0.29, 0.717) is 0 Å². The second-order valence-corrected chi connectivity index (χ2v) is 6.93. The van der Waals surface area contributed by atoms with Crippen LogP contribution >= 0.6 is 0 Å². The molecule has 5 rings (SSSR count). The number of hydrogen-bond donors (Lipinski definition) is 0. The predicted molar refractivity (Wildman–Crippen MR) is 105 cm³/mol. The zero-order chi connectivity index (χ0) is 17.8. The number of aryl methyl sites for hydroxylation is 3. The molecule has 0 saturated heterocycles. The smallest absolute Gasteiger partial charge is 0.249 e. The Balaban J connectivity index is 1.84. The number of furan rings is 1. The van der Waals surface area contributed by atoms with Crippen molar-refractivity contribution < 1.29 is 9.15 Å². The van der Waals surface area contributed by atoms with E-state index in [1.165, 1.54) is 16.7 Å². The van der Waals surface area contributed by atoms with E-state index >= 15 is 0 Å². The van der Waals surface area contributed by atoms with Gasteiger partial charge in [-0.05, 0) is 62.2 Å². The lowest BCUT2D eigenvalue weighted by molar-refractivity contribution is 0.463. The Kier molecular flexibility index (Phi) is 3.13. The SMILES string of the molecule is Cc1ccc2c(c1)Oc1c(oc3ccc(C)cc13)N2c1ccccc1C. The highest BCUT2D eigenvalue weighted by molar-refractivity contribution is 5.97. The van der Waals surface area contributed by atoms with Crippen molar-refractivity contribution in [2.75, 3.05) is 4.90 Å². The van der Waals surface area contributed by atoms with Crippen molar-refractivity contribution in [2.45, 2.75) is 20.8 Å². The van der Waals surface area contributed by atoms with Gasteiger partial charge in [-0.15, -0.1) is 0 Å². The Morgan fingerprint density at radius 2 is 1.54 bits per heavy atom. The van der Waals surface area contributed by atoms with Crippen molar-refractivity contribution in [3.05, 3.63) is 77.4 Å². The number of para-hydroxylation sites is 1. The highest BCUT2D eigenvalue weighted by Crippen LogP contribution is 2.55. The van der Waals surface area contributed by atoms with Gasteiger partial charge in [0.05, 0.1) is 16.8 Å². The zero-order valence-electron chi connectivity index (χ0n) is 15.0. The van der Waals surface area contributed by atoms with E-state index in [1.807, 2.05) is 6.07 Å². The number of nitrogens with zero attached hydrogens (tertiary/aromatic N) is 1. The molecule has 0 atom stereocenters. The molecule has 4 aromatic rings. The molecule has 0 radical (unpaired) electrons. The second kappa shape index (κ2) is 5.40. The summed E-state index contributed by atoms with van der Waals surface area (Å²) in [5, 5.41) is 1.01. The number of hydrogen-bond acceptors (Lipinski definition) is 3. The van der Waals surface area contributed by atoms with Gasteiger partial charge in [-0.3, -0.25) is 4.90 Å². The molecule has 0 fully saturated rings. The number of fused-ring (bicyclic) bond motifs is 4. The summed E-state index contributed by atoms with van der Waals surface area (Å²) in [7, 11) is 0. The third-order valence-corrected chi connectivity index (χ3v) is 4.91. The van der Waals surface area contributed by atoms with Crippen molar-refractivity contribution in [2.24, 2.45) is 0 Å². The summed E-state index contributed by atoms with van der Waals surface area (Å²) in [5.74, 6) is 2.37. The zero-order valence-corrected chi connectivity index (χ0v) is 15.0. The maximum Gasteiger partial charge on any atom is 0.249 e. The number of benzene rings is 3. The van der Waals surface area contributed by atoms with E-state index < -0.39 is 0 Å². The van der Waals surface area contributed by atoms with Crippen molar-refractivity contribution in [1.29, 1.82) is 0 Å². The van der Waals surface area contributed by atoms with E-state index in [2.05, 4.69) is 80.3 Å². The molecule has 3 nitrogen and oxygen atoms in total. The van der Waals surface area contributed by atoms with Crippen LogP contribution < -0.4 is 9.64 Å². The lowest BCUT2D eigenvalue weighted by Crippen LogP contribution is -2.15. The highest BCUT2D eigenvalue weighted by Gasteiger charge is 2.32. The first-order valence-electron chi connectivity index (χ1n) is 8.79. The topological polar surface area (TPSA) is 25.6 Å². The largest absolute Gasteiger partial charge is 0.449 e. The average Bonchev–Trinajstić information content (AvgIpc) is 2.98. The molecule has 3 heteroatoms. The van der Waals surface area contributed by atoms with Gasteiger partial charge in [-0.1, -0.05) is 35.9 Å². The van der Waals surface area contributed by atoms with E-state index in [0.717, 1.165) is 39.7 Å². The van der Waals surface area contributed by atoms with Gasteiger partial charge in [0.15, 0.2) is 11.5 Å². The summed E-state index contributed by atoms with van der Waals surface area (Å²) >= 11 is 0. The molecule has 0 N–H and O–H groups in total. The lowest BCUT2D eigenvalue weighted by Gasteiger charge is -2.30. The lowest BCUT2D eigenvalue weighted by atomic mass is 10.1. The molecule has 1 aromatic heterocycles. The molecule has 3 aromatic carbocycles. The van der Waals surface area contributed by atoms with Gasteiger partial charge in [0, 0.05) is 0 Å². The molecule has 2 heterocycles. The molecule has 0 spiro atoms. The minimum Gasteiger partial charge on any atom is -0.449 e. The fourth-order valence-corrected chi connectivity index (χ4v) is 3.58. The minimum absolute atomic E-state index is 0.733. The van der Waals surface area contributed by atoms with E-state index in [4.69, 9.17) is 9.15 Å². The monoisotopic (exact) mass is 341 g/mol. The predicted octanol–water partition coefficient (Wildman–Crippen LogP) is 6.93. The average molecular weight is 341 g/mol. The molecule has 0 unspecified atom stereocenters. The van der Waals surface area contributed by atoms with Gasteiger partial charge in [-0.25, -0.2) is 0 Å². The van der Waals surface area contributed by atoms with Crippen LogP contribution in [0, 0.1) is 20.8 Å². The number of anilines is 3. The summed E-state index contributed by atoms with van der Waals surface area (Å²) in [6.45, 7) is 6.28. The number of ether oxygens (including phenoxy) is 1. The van der Waals surface area contributed by atoms with Crippen LogP contribution in [0.4, 0.5) is 17.3 Å². The van der Waals surface area contributed by atoms with Crippen LogP contribution in [0.2, 0.25) is 0 Å². The van der Waals surface area contributed by atoms with Gasteiger partial charge in [0.2, 0.25) is 5.88 Å². The van der Waals surface area contributed by atoms with Crippen molar-refractivity contribution in [1.82, 2.24) is 0 Å². The van der Waals surface area contributed by atoms with Gasteiger partial charge >= 0.3 is 0 Å². The fraction of sp³-hybridized carbons (Fsp3) is 0.130. The molecule has 26 heavy (non-hydrogen) atoms. The first-order valence-corrected chi connectivity index (χ1v) is 8.79. The Hall–Kier alpha value is -3.20. The van der Waals surface area contributed by atoms with Crippen LogP contribution in [0.25, 0.3) is 11.0 Å². The maximum atomic E-state index is 6.32. The summed E-state index contributed by atoms with van der Waals surface area (Å²) in [6.07, 6.45) is 0. The van der Waals surface area contributed by atoms with Crippen LogP contribution in [0.5, 0.6) is 11.5 Å². The van der Waals surface area contributed by atoms with Gasteiger partial charge < -0.3 is 9.15 Å². The van der Waals surface area contributed by atoms with Crippen molar-refractivity contribution in [3.8, 4) is 11.5 Å². The Morgan fingerprint density at radius 1 is 0.769 bits per heavy atom. The Morgan fingerprint density at radius 3 is 2.38 bits per heavy atom. The standard InChI is InChI=1S/C23H19NO2/c1-14-9-11-20-17(12-14)22-23(26-20)24(18-7-5-4-6-16(18)3)19-10-8-15(2)13-21(19)25-22/h4-13H,1-3H3. The van der Waals surface area contributed by atoms with Crippen LogP contribution in [-0.2, 0) is 0 Å². The van der Waals surface area contributed by atoms with Gasteiger partial charge in [-0.2, -0.15) is 0 Å². The van der Waals surface area contributed by atoms with E-state index in [9.17, 15) is 0 Å². The second-order valence-electron chi connectivity index (χ2n) is 6.93. The third-order valence-electron chi connectivity index (χ3n) is 4.91. The maximum absolute atomic E-state index is 6.32. The minimum atomic E-state index is 0.733. The van der Waals surface area contributed by atoms with E-state index in [1.54, 1.807) is 0 Å². The van der Waals surface area contributed by atoms with Crippen LogP contribution in [0.15, 0.2) is 65.1 Å². The van der Waals surface area contributed by atoms with Crippen molar-refractivity contribution in [3.63, 3.8) is 0 Å². The summed E-state index contributed by atoms with van der Waals surface area (Å²) in [6, 6.07) is 20.8. The summed E-state index contributed by atoms with van der Waals surface area (Å²) in [5.41, 5.74) is 6.46. The molecule has 0 aliphatic carbocycles. The highest BCUT2D eigenvalue weighted by atomic mass is 16.5. The quantitative estimate of drug-likeness (QED) is 0.330. The van der Waals surface area contributed by atoms with Gasteiger partial charge in [0.1, 0.15) is 5.58 Å². The molecule has 0 bridgehead atoms. The molecule has 0 amide bonds. The molecule has 1 aliphatic heterocycles. The molecule has 1 aliphatic rings. The molecule has 128 valence electrons. The molecular weight excluding hydrogens is 322 g/mol. The molecule has 0 saturated carbocycles. The Bertz CT molecular complexity index is 1160. The first kappa shape index (κ1) is 15.1. The third kappa shape index (κ3) is 2.14. The first-order chi connectivity index (χ1) is 12.6. The fourth-order valence-electron chi connectivity index (χ4n) is 3.58. The van der Waals surface area contributed by atoms with E-state index in [-0.39, 0.29) is 0 Å². The normalized spacial score (nSPS) is 12.7. The van der Waals surface area contributed by atoms with Crippen LogP contribution in [-0.4, -0.2) is 0 Å².